The minimum atomic E-state index is -0.495. The highest BCUT2D eigenvalue weighted by atomic mass is 16.6. The van der Waals surface area contributed by atoms with Gasteiger partial charge in [0, 0.05) is 13.1 Å². The first-order chi connectivity index (χ1) is 10.4. The first-order valence-electron chi connectivity index (χ1n) is 7.68. The number of hydrogen-bond acceptors (Lipinski definition) is 3. The van der Waals surface area contributed by atoms with Gasteiger partial charge < -0.3 is 10.1 Å². The van der Waals surface area contributed by atoms with Crippen LogP contribution in [0, 0.1) is 12.3 Å². The van der Waals surface area contributed by atoms with E-state index < -0.39 is 5.60 Å². The SMILES string of the molecule is C#CCNCc1cccc2c1N(C(=O)OC(C)(C)C)CCC2. The minimum Gasteiger partial charge on any atom is -0.443 e. The van der Waals surface area contributed by atoms with Crippen LogP contribution >= 0.6 is 0 Å². The Hall–Kier alpha value is -1.99. The standard InChI is InChI=1S/C18H24N2O2/c1-5-11-19-13-15-9-6-8-14-10-7-12-20(16(14)15)17(21)22-18(2,3)4/h1,6,8-9,19H,7,10-13H2,2-4H3. The second-order valence-electron chi connectivity index (χ2n) is 6.47. The zero-order chi connectivity index (χ0) is 16.2. The van der Waals surface area contributed by atoms with Crippen LogP contribution in [0.5, 0.6) is 0 Å². The lowest BCUT2D eigenvalue weighted by atomic mass is 9.98. The van der Waals surface area contributed by atoms with Crippen molar-refractivity contribution in [3.05, 3.63) is 29.3 Å². The molecule has 1 aliphatic heterocycles. The number of carbonyl (C=O) groups is 1. The number of nitrogens with one attached hydrogen (secondary N) is 1. The molecule has 0 atom stereocenters. The first-order valence-corrected chi connectivity index (χ1v) is 7.68. The lowest BCUT2D eigenvalue weighted by Crippen LogP contribution is -2.40. The highest BCUT2D eigenvalue weighted by Crippen LogP contribution is 2.32. The van der Waals surface area contributed by atoms with Crippen LogP contribution in [0.2, 0.25) is 0 Å². The average Bonchev–Trinajstić information content (AvgIpc) is 2.45. The zero-order valence-electron chi connectivity index (χ0n) is 13.6. The third-order valence-electron chi connectivity index (χ3n) is 3.46. The Morgan fingerprint density at radius 3 is 2.91 bits per heavy atom. The van der Waals surface area contributed by atoms with E-state index in [0.717, 1.165) is 24.1 Å². The van der Waals surface area contributed by atoms with Gasteiger partial charge in [0.1, 0.15) is 5.60 Å². The molecule has 0 spiro atoms. The molecule has 4 heteroatoms. The van der Waals surface area contributed by atoms with E-state index in [4.69, 9.17) is 11.2 Å². The quantitative estimate of drug-likeness (QED) is 0.689. The van der Waals surface area contributed by atoms with Gasteiger partial charge in [-0.15, -0.1) is 6.42 Å². The van der Waals surface area contributed by atoms with Crippen molar-refractivity contribution in [3.8, 4) is 12.3 Å². The van der Waals surface area contributed by atoms with Crippen molar-refractivity contribution in [2.45, 2.75) is 45.8 Å². The lowest BCUT2D eigenvalue weighted by Gasteiger charge is -2.33. The van der Waals surface area contributed by atoms with Crippen LogP contribution in [0.15, 0.2) is 18.2 Å². The fraction of sp³-hybridized carbons (Fsp3) is 0.500. The minimum absolute atomic E-state index is 0.280. The summed E-state index contributed by atoms with van der Waals surface area (Å²) in [7, 11) is 0. The van der Waals surface area contributed by atoms with Crippen LogP contribution < -0.4 is 10.2 Å². The number of benzene rings is 1. The molecule has 0 radical (unpaired) electrons. The fourth-order valence-corrected chi connectivity index (χ4v) is 2.64. The van der Waals surface area contributed by atoms with Crippen molar-refractivity contribution in [2.75, 3.05) is 18.0 Å². The number of nitrogens with zero attached hydrogens (tertiary/aromatic N) is 1. The third kappa shape index (κ3) is 4.02. The molecule has 1 heterocycles. The number of ether oxygens (including phenoxy) is 1. The summed E-state index contributed by atoms with van der Waals surface area (Å²) in [5.74, 6) is 2.57. The molecule has 1 aromatic rings. The fourth-order valence-electron chi connectivity index (χ4n) is 2.64. The van der Waals surface area contributed by atoms with Crippen LogP contribution in [-0.4, -0.2) is 24.8 Å². The second kappa shape index (κ2) is 6.85. The van der Waals surface area contributed by atoms with E-state index in [2.05, 4.69) is 17.3 Å². The summed E-state index contributed by atoms with van der Waals surface area (Å²) in [5.41, 5.74) is 2.76. The zero-order valence-corrected chi connectivity index (χ0v) is 13.6. The summed E-state index contributed by atoms with van der Waals surface area (Å²) in [5, 5.41) is 3.19. The van der Waals surface area contributed by atoms with Crippen LogP contribution in [0.3, 0.4) is 0 Å². The van der Waals surface area contributed by atoms with Gasteiger partial charge in [0.2, 0.25) is 0 Å². The van der Waals surface area contributed by atoms with Crippen LogP contribution in [-0.2, 0) is 17.7 Å². The number of fused-ring (bicyclic) bond motifs is 1. The lowest BCUT2D eigenvalue weighted by molar-refractivity contribution is 0.0577. The van der Waals surface area contributed by atoms with Crippen molar-refractivity contribution in [2.24, 2.45) is 0 Å². The average molecular weight is 300 g/mol. The Labute approximate surface area is 132 Å². The predicted octanol–water partition coefficient (Wildman–Crippen LogP) is 3.10. The van der Waals surface area contributed by atoms with Gasteiger partial charge in [-0.2, -0.15) is 0 Å². The molecule has 2 rings (SSSR count). The van der Waals surface area contributed by atoms with Crippen LogP contribution in [0.25, 0.3) is 0 Å². The van der Waals surface area contributed by atoms with E-state index in [1.165, 1.54) is 5.56 Å². The van der Waals surface area contributed by atoms with E-state index in [1.807, 2.05) is 32.9 Å². The van der Waals surface area contributed by atoms with Crippen LogP contribution in [0.4, 0.5) is 10.5 Å². The summed E-state index contributed by atoms with van der Waals surface area (Å²) in [4.78, 5) is 14.3. The number of carbonyl (C=O) groups excluding carboxylic acids is 1. The second-order valence-corrected chi connectivity index (χ2v) is 6.47. The number of rotatable bonds is 3. The Balaban J connectivity index is 2.27. The topological polar surface area (TPSA) is 41.6 Å². The van der Waals surface area contributed by atoms with Gasteiger partial charge in [0.25, 0.3) is 0 Å². The molecule has 1 aliphatic rings. The van der Waals surface area contributed by atoms with Crippen LogP contribution in [0.1, 0.15) is 38.3 Å². The molecule has 0 aromatic heterocycles. The van der Waals surface area contributed by atoms with Gasteiger partial charge in [-0.1, -0.05) is 24.1 Å². The number of terminal acetylenes is 1. The van der Waals surface area contributed by atoms with Crippen molar-refractivity contribution in [1.82, 2.24) is 5.32 Å². The number of para-hydroxylation sites is 1. The maximum atomic E-state index is 12.5. The molecule has 0 aliphatic carbocycles. The van der Waals surface area contributed by atoms with Gasteiger partial charge >= 0.3 is 6.09 Å². The molecule has 1 aromatic carbocycles. The molecule has 4 nitrogen and oxygen atoms in total. The van der Waals surface area contributed by atoms with Crippen molar-refractivity contribution in [3.63, 3.8) is 0 Å². The first kappa shape index (κ1) is 16.4. The largest absolute Gasteiger partial charge is 0.443 e. The maximum Gasteiger partial charge on any atom is 0.414 e. The smallest absolute Gasteiger partial charge is 0.414 e. The molecule has 22 heavy (non-hydrogen) atoms. The van der Waals surface area contributed by atoms with E-state index in [1.54, 1.807) is 4.90 Å². The van der Waals surface area contributed by atoms with E-state index in [-0.39, 0.29) is 6.09 Å². The number of anilines is 1. The molecule has 1 amide bonds. The van der Waals surface area contributed by atoms with Gasteiger partial charge in [-0.05, 0) is 44.7 Å². The molecule has 118 valence electrons. The highest BCUT2D eigenvalue weighted by Gasteiger charge is 2.28. The number of amides is 1. The van der Waals surface area contributed by atoms with Crippen molar-refractivity contribution < 1.29 is 9.53 Å². The van der Waals surface area contributed by atoms with E-state index in [9.17, 15) is 4.79 Å². The molecule has 0 saturated carbocycles. The number of aryl methyl sites for hydroxylation is 1. The highest BCUT2D eigenvalue weighted by molar-refractivity contribution is 5.90. The maximum absolute atomic E-state index is 12.5. The third-order valence-corrected chi connectivity index (χ3v) is 3.46. The molecule has 0 fully saturated rings. The Kier molecular flexibility index (Phi) is 5.10. The van der Waals surface area contributed by atoms with E-state index in [0.29, 0.717) is 19.6 Å². The molecular formula is C18H24N2O2. The van der Waals surface area contributed by atoms with Gasteiger partial charge in [0.05, 0.1) is 12.2 Å². The molecule has 0 unspecified atom stereocenters. The number of hydrogen-bond donors (Lipinski definition) is 1. The van der Waals surface area contributed by atoms with Crippen molar-refractivity contribution in [1.29, 1.82) is 0 Å². The van der Waals surface area contributed by atoms with Crippen molar-refractivity contribution >= 4 is 11.8 Å². The Morgan fingerprint density at radius 1 is 1.45 bits per heavy atom. The Bertz CT molecular complexity index is 582. The monoisotopic (exact) mass is 300 g/mol. The van der Waals surface area contributed by atoms with Gasteiger partial charge in [0.15, 0.2) is 0 Å². The summed E-state index contributed by atoms with van der Waals surface area (Å²) >= 11 is 0. The van der Waals surface area contributed by atoms with Gasteiger partial charge in [-0.3, -0.25) is 4.90 Å². The summed E-state index contributed by atoms with van der Waals surface area (Å²) in [6, 6.07) is 6.14. The summed E-state index contributed by atoms with van der Waals surface area (Å²) in [6.45, 7) is 7.50. The van der Waals surface area contributed by atoms with E-state index >= 15 is 0 Å². The molecule has 0 bridgehead atoms. The normalized spacial score (nSPS) is 14.2. The summed E-state index contributed by atoms with van der Waals surface area (Å²) in [6.07, 6.45) is 6.93. The van der Waals surface area contributed by atoms with Gasteiger partial charge in [-0.25, -0.2) is 4.79 Å². The molecular weight excluding hydrogens is 276 g/mol. The molecule has 0 saturated heterocycles. The Morgan fingerprint density at radius 2 is 2.23 bits per heavy atom. The predicted molar refractivity (Wildman–Crippen MR) is 88.9 cm³/mol. The summed E-state index contributed by atoms with van der Waals surface area (Å²) < 4.78 is 5.55. The molecule has 1 N–H and O–H groups in total.